The number of piperidine rings is 1. The molecule has 8 heteroatoms. The minimum absolute atomic E-state index is 0.0102. The number of morpholine rings is 1. The second kappa shape index (κ2) is 9.85. The monoisotopic (exact) mass is 477 g/mol. The third-order valence-electron chi connectivity index (χ3n) is 7.26. The fourth-order valence-electron chi connectivity index (χ4n) is 5.61. The Bertz CT molecular complexity index is 1090. The van der Waals surface area contributed by atoms with E-state index in [9.17, 15) is 9.59 Å². The standard InChI is InChI=1S/C27H35N5O3/c1-18-14-22(26(33)31-16-19(2)35-20(3)17-31)15-25(28-18)30-11-9-23(10-12-30)32-13-8-21-6-4-5-7-24(21)29-27(32)34/h4-7,14-15,19-20,23H,8-13,16-17H2,1-3H3,(H,29,34)/t19-,20+. The summed E-state index contributed by atoms with van der Waals surface area (Å²) >= 11 is 0. The molecule has 35 heavy (non-hydrogen) atoms. The second-order valence-electron chi connectivity index (χ2n) is 10.1. The fourth-order valence-corrected chi connectivity index (χ4v) is 5.61. The van der Waals surface area contributed by atoms with Crippen molar-refractivity contribution in [3.05, 3.63) is 53.2 Å². The molecule has 3 aliphatic heterocycles. The van der Waals surface area contributed by atoms with Crippen LogP contribution in [0.4, 0.5) is 16.3 Å². The molecule has 2 saturated heterocycles. The first-order valence-electron chi connectivity index (χ1n) is 12.7. The molecular formula is C27H35N5O3. The van der Waals surface area contributed by atoms with Gasteiger partial charge in [-0.1, -0.05) is 18.2 Å². The van der Waals surface area contributed by atoms with Gasteiger partial charge in [0.25, 0.3) is 5.91 Å². The summed E-state index contributed by atoms with van der Waals surface area (Å²) in [4.78, 5) is 37.1. The van der Waals surface area contributed by atoms with Gasteiger partial charge in [-0.3, -0.25) is 4.79 Å². The molecule has 0 spiro atoms. The van der Waals surface area contributed by atoms with Gasteiger partial charge in [-0.2, -0.15) is 0 Å². The highest BCUT2D eigenvalue weighted by Gasteiger charge is 2.31. The van der Waals surface area contributed by atoms with Crippen molar-refractivity contribution < 1.29 is 14.3 Å². The Morgan fingerprint density at radius 1 is 1.06 bits per heavy atom. The van der Waals surface area contributed by atoms with Crippen LogP contribution in [0.1, 0.15) is 48.3 Å². The van der Waals surface area contributed by atoms with E-state index in [2.05, 4.69) is 16.3 Å². The smallest absolute Gasteiger partial charge is 0.322 e. The maximum absolute atomic E-state index is 13.3. The van der Waals surface area contributed by atoms with Gasteiger partial charge in [-0.25, -0.2) is 9.78 Å². The summed E-state index contributed by atoms with van der Waals surface area (Å²) in [6, 6.07) is 12.0. The van der Waals surface area contributed by atoms with Crippen LogP contribution in [0, 0.1) is 6.92 Å². The Morgan fingerprint density at radius 2 is 1.77 bits per heavy atom. The molecule has 0 unspecified atom stereocenters. The number of para-hydroxylation sites is 1. The molecule has 1 aromatic carbocycles. The third kappa shape index (κ3) is 5.12. The molecule has 2 aromatic rings. The van der Waals surface area contributed by atoms with Crippen LogP contribution < -0.4 is 10.2 Å². The van der Waals surface area contributed by atoms with Gasteiger partial charge in [-0.15, -0.1) is 0 Å². The van der Waals surface area contributed by atoms with Crippen molar-refractivity contribution in [2.24, 2.45) is 0 Å². The van der Waals surface area contributed by atoms with Crippen molar-refractivity contribution in [3.63, 3.8) is 0 Å². The van der Waals surface area contributed by atoms with Crippen molar-refractivity contribution in [1.82, 2.24) is 14.8 Å². The van der Waals surface area contributed by atoms with Crippen LogP contribution in [-0.2, 0) is 11.2 Å². The van der Waals surface area contributed by atoms with Crippen molar-refractivity contribution in [1.29, 1.82) is 0 Å². The Hall–Kier alpha value is -3.13. The van der Waals surface area contributed by atoms with Gasteiger partial charge < -0.3 is 24.8 Å². The van der Waals surface area contributed by atoms with Crippen LogP contribution in [0.15, 0.2) is 36.4 Å². The number of aryl methyl sites for hydroxylation is 1. The van der Waals surface area contributed by atoms with E-state index in [4.69, 9.17) is 9.72 Å². The average Bonchev–Trinajstić information content (AvgIpc) is 3.01. The summed E-state index contributed by atoms with van der Waals surface area (Å²) in [7, 11) is 0. The molecule has 1 aromatic heterocycles. The van der Waals surface area contributed by atoms with E-state index < -0.39 is 0 Å². The maximum atomic E-state index is 13.3. The van der Waals surface area contributed by atoms with Crippen LogP contribution in [0.2, 0.25) is 0 Å². The number of pyridine rings is 1. The topological polar surface area (TPSA) is 78.0 Å². The van der Waals surface area contributed by atoms with Crippen molar-refractivity contribution in [3.8, 4) is 0 Å². The average molecular weight is 478 g/mol. The van der Waals surface area contributed by atoms with Crippen molar-refractivity contribution in [2.75, 3.05) is 42.9 Å². The van der Waals surface area contributed by atoms with E-state index in [1.165, 1.54) is 5.56 Å². The highest BCUT2D eigenvalue weighted by Crippen LogP contribution is 2.27. The van der Waals surface area contributed by atoms with Crippen LogP contribution >= 0.6 is 0 Å². The van der Waals surface area contributed by atoms with E-state index >= 15 is 0 Å². The van der Waals surface area contributed by atoms with Crippen LogP contribution in [0.5, 0.6) is 0 Å². The number of fused-ring (bicyclic) bond motifs is 1. The minimum atomic E-state index is -0.0102. The summed E-state index contributed by atoms with van der Waals surface area (Å²) in [5.41, 5.74) is 3.63. The minimum Gasteiger partial charge on any atom is -0.372 e. The van der Waals surface area contributed by atoms with Crippen LogP contribution in [0.3, 0.4) is 0 Å². The zero-order chi connectivity index (χ0) is 24.5. The molecule has 8 nitrogen and oxygen atoms in total. The van der Waals surface area contributed by atoms with Gasteiger partial charge in [0, 0.05) is 55.7 Å². The molecule has 0 aliphatic carbocycles. The molecule has 186 valence electrons. The number of hydrogen-bond donors (Lipinski definition) is 1. The Morgan fingerprint density at radius 3 is 2.51 bits per heavy atom. The zero-order valence-electron chi connectivity index (χ0n) is 20.9. The van der Waals surface area contributed by atoms with Gasteiger partial charge in [0.1, 0.15) is 5.82 Å². The lowest BCUT2D eigenvalue weighted by Crippen LogP contribution is -2.49. The number of nitrogens with one attached hydrogen (secondary N) is 1. The van der Waals surface area contributed by atoms with Gasteiger partial charge >= 0.3 is 6.03 Å². The number of carbonyl (C=O) groups excluding carboxylic acids is 2. The quantitative estimate of drug-likeness (QED) is 0.730. The Labute approximate surface area is 207 Å². The lowest BCUT2D eigenvalue weighted by Gasteiger charge is -2.38. The lowest BCUT2D eigenvalue weighted by molar-refractivity contribution is -0.0586. The lowest BCUT2D eigenvalue weighted by atomic mass is 10.0. The number of urea groups is 1. The van der Waals surface area contributed by atoms with E-state index in [1.807, 2.05) is 60.9 Å². The van der Waals surface area contributed by atoms with Crippen LogP contribution in [-0.4, -0.2) is 77.7 Å². The van der Waals surface area contributed by atoms with Crippen molar-refractivity contribution >= 4 is 23.4 Å². The number of nitrogens with zero attached hydrogens (tertiary/aromatic N) is 4. The number of benzene rings is 1. The van der Waals surface area contributed by atoms with E-state index in [-0.39, 0.29) is 30.2 Å². The highest BCUT2D eigenvalue weighted by atomic mass is 16.5. The molecule has 5 rings (SSSR count). The summed E-state index contributed by atoms with van der Waals surface area (Å²) in [5.74, 6) is 0.878. The molecular weight excluding hydrogens is 442 g/mol. The number of amides is 3. The largest absolute Gasteiger partial charge is 0.372 e. The van der Waals surface area contributed by atoms with Gasteiger partial charge in [0.2, 0.25) is 0 Å². The summed E-state index contributed by atoms with van der Waals surface area (Å²) in [6.45, 7) is 9.50. The zero-order valence-corrected chi connectivity index (χ0v) is 20.9. The Kier molecular flexibility index (Phi) is 6.65. The number of hydrogen-bond acceptors (Lipinski definition) is 5. The molecule has 0 radical (unpaired) electrons. The molecule has 0 saturated carbocycles. The first-order chi connectivity index (χ1) is 16.9. The van der Waals surface area contributed by atoms with Gasteiger partial charge in [-0.05, 0) is 63.8 Å². The summed E-state index contributed by atoms with van der Waals surface area (Å²) < 4.78 is 5.79. The first-order valence-corrected chi connectivity index (χ1v) is 12.7. The Balaban J connectivity index is 1.25. The molecule has 3 amide bonds. The van der Waals surface area contributed by atoms with E-state index in [0.717, 1.165) is 56.1 Å². The van der Waals surface area contributed by atoms with E-state index in [0.29, 0.717) is 18.7 Å². The van der Waals surface area contributed by atoms with E-state index in [1.54, 1.807) is 0 Å². The number of carbonyl (C=O) groups is 2. The number of anilines is 2. The first kappa shape index (κ1) is 23.6. The molecule has 2 fully saturated rings. The predicted molar refractivity (Wildman–Crippen MR) is 136 cm³/mol. The van der Waals surface area contributed by atoms with Crippen LogP contribution in [0.25, 0.3) is 0 Å². The second-order valence-corrected chi connectivity index (χ2v) is 10.1. The maximum Gasteiger partial charge on any atom is 0.322 e. The summed E-state index contributed by atoms with van der Waals surface area (Å²) in [5, 5.41) is 3.09. The highest BCUT2D eigenvalue weighted by molar-refractivity contribution is 5.95. The fraction of sp³-hybridized carbons (Fsp3) is 0.519. The SMILES string of the molecule is Cc1cc(C(=O)N2C[C@@H](C)O[C@@H](C)C2)cc(N2CCC(N3CCc4ccccc4NC3=O)CC2)n1. The number of ether oxygens (including phenoxy) is 1. The normalized spacial score (nSPS) is 23.5. The predicted octanol–water partition coefficient (Wildman–Crippen LogP) is 3.70. The third-order valence-corrected chi connectivity index (χ3v) is 7.26. The molecule has 0 bridgehead atoms. The number of rotatable bonds is 3. The molecule has 1 N–H and O–H groups in total. The molecule has 2 atom stereocenters. The molecule has 4 heterocycles. The van der Waals surface area contributed by atoms with Gasteiger partial charge in [0.15, 0.2) is 0 Å². The van der Waals surface area contributed by atoms with Gasteiger partial charge in [0.05, 0.1) is 12.2 Å². The number of aromatic nitrogens is 1. The summed E-state index contributed by atoms with van der Waals surface area (Å²) in [6.07, 6.45) is 2.68. The van der Waals surface area contributed by atoms with Crippen molar-refractivity contribution in [2.45, 2.75) is 58.3 Å². The molecule has 3 aliphatic rings.